The molecule has 0 fully saturated rings. The zero-order valence-electron chi connectivity index (χ0n) is 10.1. The zero-order chi connectivity index (χ0) is 14.6. The van der Waals surface area contributed by atoms with Crippen molar-refractivity contribution in [3.05, 3.63) is 27.1 Å². The Morgan fingerprint density at radius 1 is 1.37 bits per heavy atom. The van der Waals surface area contributed by atoms with E-state index < -0.39 is 16.0 Å². The van der Waals surface area contributed by atoms with E-state index in [0.29, 0.717) is 4.47 Å². The van der Waals surface area contributed by atoms with Crippen molar-refractivity contribution >= 4 is 47.9 Å². The number of hydrogen-bond donors (Lipinski definition) is 1. The molecule has 0 amide bonds. The van der Waals surface area contributed by atoms with Crippen LogP contribution in [0.15, 0.2) is 32.0 Å². The number of carboxylic acids is 1. The number of rotatable bonds is 6. The fourth-order valence-electron chi connectivity index (χ4n) is 1.49. The van der Waals surface area contributed by atoms with Crippen LogP contribution in [0.3, 0.4) is 0 Å². The second-order valence-corrected chi connectivity index (χ2v) is 7.39. The second kappa shape index (κ2) is 6.83. The van der Waals surface area contributed by atoms with Gasteiger partial charge in [-0.25, -0.2) is 8.42 Å². The molecule has 1 N–H and O–H groups in total. The highest BCUT2D eigenvalue weighted by atomic mass is 79.9. The minimum absolute atomic E-state index is 0.0450. The minimum Gasteiger partial charge on any atom is -0.481 e. The van der Waals surface area contributed by atoms with Crippen LogP contribution in [0.25, 0.3) is 0 Å². The van der Waals surface area contributed by atoms with Gasteiger partial charge in [0.05, 0.1) is 11.3 Å². The summed E-state index contributed by atoms with van der Waals surface area (Å²) in [6.07, 6.45) is -0.221. The largest absolute Gasteiger partial charge is 0.481 e. The van der Waals surface area contributed by atoms with Crippen molar-refractivity contribution in [2.24, 2.45) is 0 Å². The SMILES string of the molecule is CCN(CCC(=O)O)S(=O)(=O)c1ccc(Br)cc1Br. The van der Waals surface area contributed by atoms with Crippen molar-refractivity contribution in [1.29, 1.82) is 0 Å². The fourth-order valence-corrected chi connectivity index (χ4v) is 4.65. The minimum atomic E-state index is -3.69. The molecule has 1 rings (SSSR count). The van der Waals surface area contributed by atoms with Crippen LogP contribution in [-0.4, -0.2) is 36.9 Å². The molecule has 0 aromatic heterocycles. The van der Waals surface area contributed by atoms with Crippen LogP contribution in [-0.2, 0) is 14.8 Å². The van der Waals surface area contributed by atoms with Crippen LogP contribution in [0.4, 0.5) is 0 Å². The van der Waals surface area contributed by atoms with Crippen LogP contribution in [0, 0.1) is 0 Å². The molecule has 0 aliphatic carbocycles. The average molecular weight is 415 g/mol. The lowest BCUT2D eigenvalue weighted by Gasteiger charge is -2.20. The monoisotopic (exact) mass is 413 g/mol. The lowest BCUT2D eigenvalue weighted by molar-refractivity contribution is -0.137. The summed E-state index contributed by atoms with van der Waals surface area (Å²) in [6.45, 7) is 1.85. The Morgan fingerprint density at radius 2 is 2.00 bits per heavy atom. The van der Waals surface area contributed by atoms with E-state index in [9.17, 15) is 13.2 Å². The summed E-state index contributed by atoms with van der Waals surface area (Å²) >= 11 is 6.46. The highest BCUT2D eigenvalue weighted by Crippen LogP contribution is 2.28. The van der Waals surface area contributed by atoms with Crippen LogP contribution in [0.2, 0.25) is 0 Å². The maximum atomic E-state index is 12.4. The van der Waals surface area contributed by atoms with E-state index in [4.69, 9.17) is 5.11 Å². The van der Waals surface area contributed by atoms with Gasteiger partial charge in [-0.2, -0.15) is 4.31 Å². The van der Waals surface area contributed by atoms with Gasteiger partial charge in [0.1, 0.15) is 0 Å². The number of aliphatic carboxylic acids is 1. The molecule has 0 radical (unpaired) electrons. The third-order valence-corrected chi connectivity index (χ3v) is 5.88. The number of carboxylic acid groups (broad SMARTS) is 1. The molecule has 0 aliphatic heterocycles. The molecule has 0 aliphatic rings. The lowest BCUT2D eigenvalue weighted by Crippen LogP contribution is -2.33. The molecule has 0 atom stereocenters. The van der Waals surface area contributed by atoms with Gasteiger partial charge in [0.2, 0.25) is 10.0 Å². The maximum Gasteiger partial charge on any atom is 0.304 e. The molecule has 1 aromatic carbocycles. The molecule has 8 heteroatoms. The Labute approximate surface area is 128 Å². The predicted octanol–water partition coefficient (Wildman–Crippen LogP) is 2.70. The van der Waals surface area contributed by atoms with E-state index in [0.717, 1.165) is 8.78 Å². The summed E-state index contributed by atoms with van der Waals surface area (Å²) in [4.78, 5) is 10.7. The Kier molecular flexibility index (Phi) is 5.97. The first-order valence-electron chi connectivity index (χ1n) is 5.46. The Morgan fingerprint density at radius 3 is 2.47 bits per heavy atom. The van der Waals surface area contributed by atoms with E-state index >= 15 is 0 Å². The molecule has 19 heavy (non-hydrogen) atoms. The number of nitrogens with zero attached hydrogens (tertiary/aromatic N) is 1. The standard InChI is InChI=1S/C11H13Br2NO4S/c1-2-14(6-5-11(15)16)19(17,18)10-4-3-8(12)7-9(10)13/h3-4,7H,2,5-6H2,1H3,(H,15,16). The van der Waals surface area contributed by atoms with Crippen LogP contribution >= 0.6 is 31.9 Å². The van der Waals surface area contributed by atoms with E-state index in [-0.39, 0.29) is 24.4 Å². The predicted molar refractivity (Wildman–Crippen MR) is 78.5 cm³/mol. The van der Waals surface area contributed by atoms with Crippen LogP contribution in [0.5, 0.6) is 0 Å². The Hall–Kier alpha value is -0.440. The zero-order valence-corrected chi connectivity index (χ0v) is 14.1. The van der Waals surface area contributed by atoms with Crippen molar-refractivity contribution in [3.63, 3.8) is 0 Å². The molecule has 0 saturated carbocycles. The number of sulfonamides is 1. The molecular formula is C11H13Br2NO4S. The van der Waals surface area contributed by atoms with E-state index in [2.05, 4.69) is 31.9 Å². The topological polar surface area (TPSA) is 74.7 Å². The maximum absolute atomic E-state index is 12.4. The van der Waals surface area contributed by atoms with Crippen LogP contribution < -0.4 is 0 Å². The number of benzene rings is 1. The van der Waals surface area contributed by atoms with Gasteiger partial charge < -0.3 is 5.11 Å². The highest BCUT2D eigenvalue weighted by Gasteiger charge is 2.25. The second-order valence-electron chi connectivity index (χ2n) is 3.72. The van der Waals surface area contributed by atoms with Crippen molar-refractivity contribution in [2.75, 3.05) is 13.1 Å². The summed E-state index contributed by atoms with van der Waals surface area (Å²) < 4.78 is 27.1. The van der Waals surface area contributed by atoms with Crippen LogP contribution in [0.1, 0.15) is 13.3 Å². The first kappa shape index (κ1) is 16.6. The summed E-state index contributed by atoms with van der Waals surface area (Å²) in [5.41, 5.74) is 0. The quantitative estimate of drug-likeness (QED) is 0.776. The van der Waals surface area contributed by atoms with Crippen molar-refractivity contribution in [2.45, 2.75) is 18.2 Å². The van der Waals surface area contributed by atoms with E-state index in [1.165, 1.54) is 6.07 Å². The van der Waals surface area contributed by atoms with E-state index in [1.807, 2.05) is 0 Å². The first-order valence-corrected chi connectivity index (χ1v) is 8.48. The van der Waals surface area contributed by atoms with Crippen molar-refractivity contribution in [1.82, 2.24) is 4.31 Å². The Balaban J connectivity index is 3.09. The highest BCUT2D eigenvalue weighted by molar-refractivity contribution is 9.11. The smallest absolute Gasteiger partial charge is 0.304 e. The van der Waals surface area contributed by atoms with Gasteiger partial charge in [0.25, 0.3) is 0 Å². The normalized spacial score (nSPS) is 11.8. The average Bonchev–Trinajstić information content (AvgIpc) is 2.28. The summed E-state index contributed by atoms with van der Waals surface area (Å²) in [7, 11) is -3.69. The van der Waals surface area contributed by atoms with Gasteiger partial charge in [0, 0.05) is 22.0 Å². The number of hydrogen-bond acceptors (Lipinski definition) is 3. The van der Waals surface area contributed by atoms with Gasteiger partial charge >= 0.3 is 5.97 Å². The molecule has 106 valence electrons. The lowest BCUT2D eigenvalue weighted by atomic mass is 10.4. The summed E-state index contributed by atoms with van der Waals surface area (Å²) in [5, 5.41) is 8.65. The Bertz CT molecular complexity index is 574. The van der Waals surface area contributed by atoms with Gasteiger partial charge in [-0.3, -0.25) is 4.79 Å². The molecule has 5 nitrogen and oxygen atoms in total. The molecule has 0 spiro atoms. The number of carbonyl (C=O) groups is 1. The van der Waals surface area contributed by atoms with Gasteiger partial charge in [-0.05, 0) is 34.1 Å². The molecule has 0 bridgehead atoms. The molecule has 0 heterocycles. The summed E-state index contributed by atoms with van der Waals surface area (Å²) in [6, 6.07) is 4.74. The third kappa shape index (κ3) is 4.27. The molecule has 0 unspecified atom stereocenters. The molecule has 1 aromatic rings. The number of halogens is 2. The molecular weight excluding hydrogens is 402 g/mol. The first-order chi connectivity index (χ1) is 8.78. The van der Waals surface area contributed by atoms with Crippen molar-refractivity contribution in [3.8, 4) is 0 Å². The summed E-state index contributed by atoms with van der Waals surface area (Å²) in [5.74, 6) is -1.02. The van der Waals surface area contributed by atoms with Gasteiger partial charge in [0.15, 0.2) is 0 Å². The van der Waals surface area contributed by atoms with E-state index in [1.54, 1.807) is 19.1 Å². The third-order valence-electron chi connectivity index (χ3n) is 2.44. The molecule has 0 saturated heterocycles. The van der Waals surface area contributed by atoms with Gasteiger partial charge in [-0.1, -0.05) is 22.9 Å². The van der Waals surface area contributed by atoms with Crippen molar-refractivity contribution < 1.29 is 18.3 Å². The fraction of sp³-hybridized carbons (Fsp3) is 0.364. The van der Waals surface area contributed by atoms with Gasteiger partial charge in [-0.15, -0.1) is 0 Å².